The summed E-state index contributed by atoms with van der Waals surface area (Å²) >= 11 is 0. The summed E-state index contributed by atoms with van der Waals surface area (Å²) in [6.45, 7) is 3.57. The van der Waals surface area contributed by atoms with E-state index in [4.69, 9.17) is 10.5 Å². The van der Waals surface area contributed by atoms with Gasteiger partial charge in [0.25, 0.3) is 0 Å². The second-order valence-electron chi connectivity index (χ2n) is 4.90. The van der Waals surface area contributed by atoms with Gasteiger partial charge in [-0.25, -0.2) is 8.42 Å². The average Bonchev–Trinajstić information content (AvgIpc) is 2.36. The Morgan fingerprint density at radius 2 is 1.81 bits per heavy atom. The summed E-state index contributed by atoms with van der Waals surface area (Å²) in [4.78, 5) is 12.0. The van der Waals surface area contributed by atoms with E-state index in [0.29, 0.717) is 24.6 Å². The molecule has 0 saturated carbocycles. The standard InChI is InChI=1S/C13H20N2O4S.ClH/c1-13(2,20(3,17)18)12(16)15-10-4-6-11(7-5-10)19-9-8-14;/h4-7H,8-9,14H2,1-3H3,(H,15,16);1H. The maximum atomic E-state index is 12.0. The fourth-order valence-corrected chi connectivity index (χ4v) is 1.65. The lowest BCUT2D eigenvalue weighted by molar-refractivity contribution is -0.117. The molecule has 0 aliphatic rings. The minimum absolute atomic E-state index is 0. The zero-order chi connectivity index (χ0) is 15.4. The van der Waals surface area contributed by atoms with Crippen molar-refractivity contribution in [3.8, 4) is 5.75 Å². The number of carbonyl (C=O) groups excluding carboxylic acids is 1. The van der Waals surface area contributed by atoms with Crippen LogP contribution in [0.25, 0.3) is 0 Å². The summed E-state index contributed by atoms with van der Waals surface area (Å²) in [7, 11) is -3.49. The quantitative estimate of drug-likeness (QED) is 0.813. The minimum atomic E-state index is -3.49. The number of nitrogens with one attached hydrogen (secondary N) is 1. The van der Waals surface area contributed by atoms with E-state index in [-0.39, 0.29) is 12.4 Å². The van der Waals surface area contributed by atoms with Crippen LogP contribution < -0.4 is 15.8 Å². The van der Waals surface area contributed by atoms with Crippen molar-refractivity contribution in [2.24, 2.45) is 5.73 Å². The molecule has 0 bridgehead atoms. The Morgan fingerprint density at radius 3 is 2.24 bits per heavy atom. The Morgan fingerprint density at radius 1 is 1.29 bits per heavy atom. The molecule has 0 atom stereocenters. The number of ether oxygens (including phenoxy) is 1. The van der Waals surface area contributed by atoms with Crippen LogP contribution in [0.5, 0.6) is 5.75 Å². The molecule has 1 aromatic carbocycles. The van der Waals surface area contributed by atoms with Crippen molar-refractivity contribution in [2.45, 2.75) is 18.6 Å². The van der Waals surface area contributed by atoms with E-state index in [9.17, 15) is 13.2 Å². The predicted octanol–water partition coefficient (Wildman–Crippen LogP) is 1.21. The SMILES string of the molecule is CC(C)(C(=O)Nc1ccc(OCCN)cc1)S(C)(=O)=O.Cl. The number of carbonyl (C=O) groups is 1. The van der Waals surface area contributed by atoms with Gasteiger partial charge in [0, 0.05) is 18.5 Å². The highest BCUT2D eigenvalue weighted by Crippen LogP contribution is 2.20. The van der Waals surface area contributed by atoms with Crippen molar-refractivity contribution in [2.75, 3.05) is 24.7 Å². The van der Waals surface area contributed by atoms with Crippen molar-refractivity contribution < 1.29 is 17.9 Å². The van der Waals surface area contributed by atoms with E-state index >= 15 is 0 Å². The van der Waals surface area contributed by atoms with E-state index in [0.717, 1.165) is 6.26 Å². The first-order valence-electron chi connectivity index (χ1n) is 6.12. The molecule has 21 heavy (non-hydrogen) atoms. The zero-order valence-electron chi connectivity index (χ0n) is 12.3. The van der Waals surface area contributed by atoms with E-state index in [1.54, 1.807) is 24.3 Å². The van der Waals surface area contributed by atoms with Crippen molar-refractivity contribution >= 4 is 33.8 Å². The second kappa shape index (κ2) is 7.63. The van der Waals surface area contributed by atoms with Crippen LogP contribution in [-0.2, 0) is 14.6 Å². The number of benzene rings is 1. The van der Waals surface area contributed by atoms with Gasteiger partial charge in [-0.2, -0.15) is 0 Å². The second-order valence-corrected chi connectivity index (χ2v) is 7.46. The third kappa shape index (κ3) is 5.18. The number of amides is 1. The molecule has 0 unspecified atom stereocenters. The topological polar surface area (TPSA) is 98.5 Å². The van der Waals surface area contributed by atoms with Gasteiger partial charge >= 0.3 is 0 Å². The van der Waals surface area contributed by atoms with Crippen LogP contribution in [0.3, 0.4) is 0 Å². The van der Waals surface area contributed by atoms with Crippen molar-refractivity contribution in [1.29, 1.82) is 0 Å². The zero-order valence-corrected chi connectivity index (χ0v) is 13.9. The molecule has 8 heteroatoms. The van der Waals surface area contributed by atoms with E-state index in [1.807, 2.05) is 0 Å². The Labute approximate surface area is 131 Å². The molecule has 6 nitrogen and oxygen atoms in total. The van der Waals surface area contributed by atoms with Crippen molar-refractivity contribution in [3.63, 3.8) is 0 Å². The Kier molecular flexibility index (Phi) is 7.15. The molecule has 0 aliphatic heterocycles. The van der Waals surface area contributed by atoms with E-state index < -0.39 is 20.5 Å². The highest BCUT2D eigenvalue weighted by Gasteiger charge is 2.38. The van der Waals surface area contributed by atoms with Crippen LogP contribution in [-0.4, -0.2) is 38.5 Å². The van der Waals surface area contributed by atoms with Gasteiger partial charge in [0.05, 0.1) is 0 Å². The smallest absolute Gasteiger partial charge is 0.245 e. The number of nitrogens with two attached hydrogens (primary N) is 1. The Balaban J connectivity index is 0.00000400. The van der Waals surface area contributed by atoms with Gasteiger partial charge < -0.3 is 15.8 Å². The number of rotatable bonds is 6. The van der Waals surface area contributed by atoms with Crippen LogP contribution in [0.2, 0.25) is 0 Å². The Bertz CT molecular complexity index is 570. The monoisotopic (exact) mass is 336 g/mol. The summed E-state index contributed by atoms with van der Waals surface area (Å²) in [5, 5.41) is 2.57. The molecule has 0 aromatic heterocycles. The largest absolute Gasteiger partial charge is 0.492 e. The van der Waals surface area contributed by atoms with Gasteiger partial charge in [-0.15, -0.1) is 12.4 Å². The normalized spacial score (nSPS) is 11.4. The van der Waals surface area contributed by atoms with Gasteiger partial charge in [-0.05, 0) is 38.1 Å². The summed E-state index contributed by atoms with van der Waals surface area (Å²) in [6, 6.07) is 6.64. The molecule has 3 N–H and O–H groups in total. The van der Waals surface area contributed by atoms with Crippen LogP contribution in [0.15, 0.2) is 24.3 Å². The third-order valence-electron chi connectivity index (χ3n) is 2.97. The number of hydrogen-bond donors (Lipinski definition) is 2. The molecule has 0 heterocycles. The number of halogens is 1. The maximum Gasteiger partial charge on any atom is 0.245 e. The van der Waals surface area contributed by atoms with Crippen LogP contribution >= 0.6 is 12.4 Å². The maximum absolute atomic E-state index is 12.0. The van der Waals surface area contributed by atoms with E-state index in [1.165, 1.54) is 13.8 Å². The first-order valence-corrected chi connectivity index (χ1v) is 8.01. The van der Waals surface area contributed by atoms with Crippen molar-refractivity contribution in [1.82, 2.24) is 0 Å². The van der Waals surface area contributed by atoms with Crippen LogP contribution in [0.1, 0.15) is 13.8 Å². The third-order valence-corrected chi connectivity index (χ3v) is 5.01. The number of hydrogen-bond acceptors (Lipinski definition) is 5. The van der Waals surface area contributed by atoms with E-state index in [2.05, 4.69) is 5.32 Å². The van der Waals surface area contributed by atoms with Gasteiger partial charge in [-0.3, -0.25) is 4.79 Å². The van der Waals surface area contributed by atoms with Gasteiger partial charge in [0.1, 0.15) is 17.1 Å². The molecular weight excluding hydrogens is 316 g/mol. The molecule has 1 amide bonds. The average molecular weight is 337 g/mol. The first kappa shape index (κ1) is 19.7. The highest BCUT2D eigenvalue weighted by molar-refractivity contribution is 7.92. The lowest BCUT2D eigenvalue weighted by atomic mass is 10.2. The van der Waals surface area contributed by atoms with Crippen molar-refractivity contribution in [3.05, 3.63) is 24.3 Å². The highest BCUT2D eigenvalue weighted by atomic mass is 35.5. The number of sulfone groups is 1. The molecule has 1 aromatic rings. The Hall–Kier alpha value is -1.31. The lowest BCUT2D eigenvalue weighted by Gasteiger charge is -2.21. The fourth-order valence-electron chi connectivity index (χ4n) is 1.26. The molecule has 120 valence electrons. The minimum Gasteiger partial charge on any atom is -0.492 e. The molecule has 1 rings (SSSR count). The molecule has 0 spiro atoms. The van der Waals surface area contributed by atoms with Gasteiger partial charge in [0.2, 0.25) is 5.91 Å². The summed E-state index contributed by atoms with van der Waals surface area (Å²) in [6.07, 6.45) is 1.04. The van der Waals surface area contributed by atoms with Gasteiger partial charge in [-0.1, -0.05) is 0 Å². The molecule has 0 saturated heterocycles. The summed E-state index contributed by atoms with van der Waals surface area (Å²) < 4.78 is 26.9. The van der Waals surface area contributed by atoms with Crippen LogP contribution in [0, 0.1) is 0 Å². The first-order chi connectivity index (χ1) is 9.18. The summed E-state index contributed by atoms with van der Waals surface area (Å²) in [5.74, 6) is 0.0615. The summed E-state index contributed by atoms with van der Waals surface area (Å²) in [5.41, 5.74) is 5.83. The predicted molar refractivity (Wildman–Crippen MR) is 85.8 cm³/mol. The number of anilines is 1. The molecule has 0 fully saturated rings. The van der Waals surface area contributed by atoms with Crippen LogP contribution in [0.4, 0.5) is 5.69 Å². The van der Waals surface area contributed by atoms with Gasteiger partial charge in [0.15, 0.2) is 9.84 Å². The molecule has 0 aliphatic carbocycles. The fraction of sp³-hybridized carbons (Fsp3) is 0.462. The lowest BCUT2D eigenvalue weighted by Crippen LogP contribution is -2.43. The molecular formula is C13H21ClN2O4S. The molecule has 0 radical (unpaired) electrons.